The number of carbonyl (C=O) groups excluding carboxylic acids is 1. The first-order valence-corrected chi connectivity index (χ1v) is 8.09. The van der Waals surface area contributed by atoms with E-state index in [-0.39, 0.29) is 5.69 Å². The highest BCUT2D eigenvalue weighted by Crippen LogP contribution is 2.34. The van der Waals surface area contributed by atoms with Gasteiger partial charge in [-0.1, -0.05) is 19.1 Å². The van der Waals surface area contributed by atoms with Crippen LogP contribution in [0.4, 0.5) is 23.7 Å². The molecule has 1 aromatic carbocycles. The van der Waals surface area contributed by atoms with E-state index < -0.39 is 17.8 Å². The predicted molar refractivity (Wildman–Crippen MR) is 85.5 cm³/mol. The zero-order valence-corrected chi connectivity index (χ0v) is 13.4. The van der Waals surface area contributed by atoms with Crippen LogP contribution in [-0.2, 0) is 12.7 Å². The second kappa shape index (κ2) is 7.50. The van der Waals surface area contributed by atoms with Crippen LogP contribution in [0.1, 0.15) is 24.5 Å². The standard InChI is InChI=1S/C16H17F3N2OS/c1-2-8-21(10-12-7-9-23-11-12)15(22)20-14-6-4-3-5-13(14)16(17,18)19/h3-7,9,11H,2,8,10H2,1H3,(H,20,22). The number of halogens is 3. The van der Waals surface area contributed by atoms with Crippen LogP contribution in [0.15, 0.2) is 41.1 Å². The number of thiophene rings is 1. The molecule has 0 aliphatic heterocycles. The topological polar surface area (TPSA) is 32.3 Å². The van der Waals surface area contributed by atoms with E-state index in [9.17, 15) is 18.0 Å². The summed E-state index contributed by atoms with van der Waals surface area (Å²) in [5, 5.41) is 6.20. The van der Waals surface area contributed by atoms with Gasteiger partial charge in [0.25, 0.3) is 0 Å². The molecule has 1 heterocycles. The largest absolute Gasteiger partial charge is 0.418 e. The fourth-order valence-corrected chi connectivity index (χ4v) is 2.82. The van der Waals surface area contributed by atoms with Gasteiger partial charge >= 0.3 is 12.2 Å². The lowest BCUT2D eigenvalue weighted by molar-refractivity contribution is -0.136. The minimum absolute atomic E-state index is 0.226. The van der Waals surface area contributed by atoms with Crippen LogP contribution in [0, 0.1) is 0 Å². The number of nitrogens with zero attached hydrogens (tertiary/aromatic N) is 1. The molecule has 0 atom stereocenters. The van der Waals surface area contributed by atoms with Crippen molar-refractivity contribution in [2.45, 2.75) is 26.1 Å². The Morgan fingerprint density at radius 3 is 2.61 bits per heavy atom. The lowest BCUT2D eigenvalue weighted by Gasteiger charge is -2.23. The maximum Gasteiger partial charge on any atom is 0.418 e. The van der Waals surface area contributed by atoms with Crippen LogP contribution in [0.2, 0.25) is 0 Å². The van der Waals surface area contributed by atoms with Crippen LogP contribution in [0.25, 0.3) is 0 Å². The van der Waals surface area contributed by atoms with Crippen molar-refractivity contribution in [3.63, 3.8) is 0 Å². The van der Waals surface area contributed by atoms with Gasteiger partial charge in [-0.3, -0.25) is 0 Å². The van der Waals surface area contributed by atoms with Gasteiger partial charge in [-0.25, -0.2) is 4.79 Å². The highest BCUT2D eigenvalue weighted by molar-refractivity contribution is 7.07. The molecule has 0 saturated heterocycles. The number of amides is 2. The summed E-state index contributed by atoms with van der Waals surface area (Å²) in [7, 11) is 0. The number of carbonyl (C=O) groups is 1. The van der Waals surface area contributed by atoms with Gasteiger partial charge in [-0.05, 0) is 40.9 Å². The lowest BCUT2D eigenvalue weighted by Crippen LogP contribution is -2.35. The van der Waals surface area contributed by atoms with E-state index >= 15 is 0 Å². The number of rotatable bonds is 5. The van der Waals surface area contributed by atoms with Crippen molar-refractivity contribution in [2.24, 2.45) is 0 Å². The van der Waals surface area contributed by atoms with E-state index in [1.807, 2.05) is 23.8 Å². The predicted octanol–water partition coefficient (Wildman–Crippen LogP) is 5.21. The molecule has 2 amide bonds. The Kier molecular flexibility index (Phi) is 5.65. The Morgan fingerprint density at radius 1 is 1.26 bits per heavy atom. The van der Waals surface area contributed by atoms with Crippen molar-refractivity contribution in [3.8, 4) is 0 Å². The minimum Gasteiger partial charge on any atom is -0.320 e. The molecule has 7 heteroatoms. The molecule has 0 unspecified atom stereocenters. The summed E-state index contributed by atoms with van der Waals surface area (Å²) in [6.07, 6.45) is -3.79. The zero-order valence-electron chi connectivity index (χ0n) is 12.6. The molecular formula is C16H17F3N2OS. The molecule has 1 N–H and O–H groups in total. The summed E-state index contributed by atoms with van der Waals surface area (Å²) in [6.45, 7) is 2.75. The fraction of sp³-hybridized carbons (Fsp3) is 0.312. The molecule has 124 valence electrons. The van der Waals surface area contributed by atoms with Gasteiger partial charge in [0.2, 0.25) is 0 Å². The number of nitrogens with one attached hydrogen (secondary N) is 1. The van der Waals surface area contributed by atoms with Crippen LogP contribution >= 0.6 is 11.3 Å². The molecule has 1 aromatic heterocycles. The monoisotopic (exact) mass is 342 g/mol. The number of hydrogen-bond donors (Lipinski definition) is 1. The first kappa shape index (κ1) is 17.3. The highest BCUT2D eigenvalue weighted by Gasteiger charge is 2.33. The molecule has 0 aliphatic rings. The minimum atomic E-state index is -4.51. The number of anilines is 1. The SMILES string of the molecule is CCCN(Cc1ccsc1)C(=O)Nc1ccccc1C(F)(F)F. The number of para-hydroxylation sites is 1. The summed E-state index contributed by atoms with van der Waals surface area (Å²) in [5.41, 5.74) is -0.112. The maximum atomic E-state index is 13.0. The third-order valence-electron chi connectivity index (χ3n) is 3.21. The van der Waals surface area contributed by atoms with Crippen molar-refractivity contribution in [1.82, 2.24) is 4.90 Å². The molecule has 0 radical (unpaired) electrons. The Morgan fingerprint density at radius 2 is 2.00 bits per heavy atom. The van der Waals surface area contributed by atoms with Gasteiger partial charge in [-0.2, -0.15) is 24.5 Å². The van der Waals surface area contributed by atoms with E-state index in [0.29, 0.717) is 13.1 Å². The average molecular weight is 342 g/mol. The summed E-state index contributed by atoms with van der Waals surface area (Å²) >= 11 is 1.51. The van der Waals surface area contributed by atoms with Gasteiger partial charge in [0, 0.05) is 13.1 Å². The van der Waals surface area contributed by atoms with Crippen molar-refractivity contribution >= 4 is 23.1 Å². The van der Waals surface area contributed by atoms with Gasteiger partial charge in [0.05, 0.1) is 11.3 Å². The van der Waals surface area contributed by atoms with E-state index in [1.165, 1.54) is 34.4 Å². The Hall–Kier alpha value is -2.02. The third-order valence-corrected chi connectivity index (χ3v) is 3.94. The van der Waals surface area contributed by atoms with Crippen LogP contribution < -0.4 is 5.32 Å². The first-order valence-electron chi connectivity index (χ1n) is 7.15. The molecule has 0 saturated carbocycles. The Bertz CT molecular complexity index is 641. The molecule has 3 nitrogen and oxygen atoms in total. The van der Waals surface area contributed by atoms with Crippen LogP contribution in [-0.4, -0.2) is 17.5 Å². The normalized spacial score (nSPS) is 11.3. The van der Waals surface area contributed by atoms with Gasteiger partial charge in [0.1, 0.15) is 0 Å². The summed E-state index contributed by atoms with van der Waals surface area (Å²) in [6, 6.07) is 6.34. The number of alkyl halides is 3. The summed E-state index contributed by atoms with van der Waals surface area (Å²) in [5.74, 6) is 0. The van der Waals surface area contributed by atoms with E-state index in [2.05, 4.69) is 5.32 Å². The van der Waals surface area contributed by atoms with Crippen molar-refractivity contribution in [1.29, 1.82) is 0 Å². The molecule has 23 heavy (non-hydrogen) atoms. The first-order chi connectivity index (χ1) is 10.9. The van der Waals surface area contributed by atoms with Crippen LogP contribution in [0.3, 0.4) is 0 Å². The molecule has 2 rings (SSSR count). The molecular weight excluding hydrogens is 325 g/mol. The third kappa shape index (κ3) is 4.72. The molecule has 2 aromatic rings. The Labute approximate surface area is 136 Å². The highest BCUT2D eigenvalue weighted by atomic mass is 32.1. The second-order valence-electron chi connectivity index (χ2n) is 5.03. The smallest absolute Gasteiger partial charge is 0.320 e. The molecule has 0 aliphatic carbocycles. The van der Waals surface area contributed by atoms with E-state index in [4.69, 9.17) is 0 Å². The quantitative estimate of drug-likeness (QED) is 0.795. The number of benzene rings is 1. The molecule has 0 bridgehead atoms. The van der Waals surface area contributed by atoms with Crippen LogP contribution in [0.5, 0.6) is 0 Å². The summed E-state index contributed by atoms with van der Waals surface area (Å²) < 4.78 is 39.0. The van der Waals surface area contributed by atoms with Crippen molar-refractivity contribution in [2.75, 3.05) is 11.9 Å². The molecule has 0 spiro atoms. The summed E-state index contributed by atoms with van der Waals surface area (Å²) in [4.78, 5) is 13.9. The fourth-order valence-electron chi connectivity index (χ4n) is 2.16. The Balaban J connectivity index is 2.16. The van der Waals surface area contributed by atoms with Crippen molar-refractivity contribution in [3.05, 3.63) is 52.2 Å². The molecule has 0 fully saturated rings. The average Bonchev–Trinajstić information content (AvgIpc) is 2.99. The lowest BCUT2D eigenvalue weighted by atomic mass is 10.1. The van der Waals surface area contributed by atoms with Gasteiger partial charge < -0.3 is 10.2 Å². The maximum absolute atomic E-state index is 13.0. The number of hydrogen-bond acceptors (Lipinski definition) is 2. The van der Waals surface area contributed by atoms with E-state index in [1.54, 1.807) is 0 Å². The zero-order chi connectivity index (χ0) is 16.9. The second-order valence-corrected chi connectivity index (χ2v) is 5.81. The number of urea groups is 1. The van der Waals surface area contributed by atoms with Gasteiger partial charge in [-0.15, -0.1) is 0 Å². The van der Waals surface area contributed by atoms with Gasteiger partial charge in [0.15, 0.2) is 0 Å². The van der Waals surface area contributed by atoms with Crippen molar-refractivity contribution < 1.29 is 18.0 Å². The van der Waals surface area contributed by atoms with E-state index in [0.717, 1.165) is 18.1 Å².